The van der Waals surface area contributed by atoms with Crippen LogP contribution in [0.2, 0.25) is 0 Å². The Morgan fingerprint density at radius 1 is 1.77 bits per heavy atom. The Labute approximate surface area is 76.9 Å². The van der Waals surface area contributed by atoms with Crippen LogP contribution in [0.15, 0.2) is 6.20 Å². The van der Waals surface area contributed by atoms with Gasteiger partial charge in [-0.3, -0.25) is 9.48 Å². The minimum absolute atomic E-state index is 0.163. The van der Waals surface area contributed by atoms with Crippen molar-refractivity contribution < 1.29 is 4.79 Å². The van der Waals surface area contributed by atoms with Gasteiger partial charge in [0.25, 0.3) is 5.91 Å². The highest BCUT2D eigenvalue weighted by molar-refractivity contribution is 5.93. The predicted molar refractivity (Wildman–Crippen MR) is 49.3 cm³/mol. The van der Waals surface area contributed by atoms with Gasteiger partial charge in [0.15, 0.2) is 5.69 Å². The van der Waals surface area contributed by atoms with Crippen molar-refractivity contribution >= 4 is 5.91 Å². The van der Waals surface area contributed by atoms with Gasteiger partial charge in [-0.25, -0.2) is 0 Å². The fraction of sp³-hybridized carbons (Fsp3) is 0.500. The Morgan fingerprint density at radius 2 is 2.46 bits per heavy atom. The first-order valence-corrected chi connectivity index (χ1v) is 4.13. The van der Waals surface area contributed by atoms with E-state index in [1.54, 1.807) is 17.9 Å². The Morgan fingerprint density at radius 3 is 2.92 bits per heavy atom. The van der Waals surface area contributed by atoms with E-state index in [2.05, 4.69) is 10.4 Å². The molecular formula is C8H14N4O. The van der Waals surface area contributed by atoms with Crippen LogP contribution in [0.3, 0.4) is 0 Å². The first-order chi connectivity index (χ1) is 6.15. The smallest absolute Gasteiger partial charge is 0.272 e. The van der Waals surface area contributed by atoms with Gasteiger partial charge >= 0.3 is 0 Å². The van der Waals surface area contributed by atoms with Gasteiger partial charge in [0, 0.05) is 31.9 Å². The lowest BCUT2D eigenvalue weighted by Crippen LogP contribution is -2.29. The van der Waals surface area contributed by atoms with Gasteiger partial charge < -0.3 is 11.1 Å². The van der Waals surface area contributed by atoms with E-state index in [4.69, 9.17) is 5.73 Å². The minimum Gasteiger partial charge on any atom is -0.349 e. The predicted octanol–water partition coefficient (Wildman–Crippen LogP) is -0.583. The summed E-state index contributed by atoms with van der Waals surface area (Å²) in [5, 5.41) is 6.69. The van der Waals surface area contributed by atoms with E-state index in [1.807, 2.05) is 6.92 Å². The van der Waals surface area contributed by atoms with Gasteiger partial charge in [0.1, 0.15) is 0 Å². The van der Waals surface area contributed by atoms with Gasteiger partial charge in [0.2, 0.25) is 0 Å². The first-order valence-electron chi connectivity index (χ1n) is 4.13. The van der Waals surface area contributed by atoms with Crippen molar-refractivity contribution in [2.75, 3.05) is 13.1 Å². The number of amides is 1. The molecule has 72 valence electrons. The third-order valence-corrected chi connectivity index (χ3v) is 1.66. The quantitative estimate of drug-likeness (QED) is 0.656. The molecule has 0 saturated heterocycles. The number of aromatic nitrogens is 2. The molecule has 0 aliphatic carbocycles. The normalized spacial score (nSPS) is 10.1. The molecule has 1 aromatic heterocycles. The number of hydrogen-bond acceptors (Lipinski definition) is 3. The second kappa shape index (κ2) is 4.04. The van der Waals surface area contributed by atoms with Crippen molar-refractivity contribution in [2.45, 2.75) is 6.92 Å². The highest BCUT2D eigenvalue weighted by Crippen LogP contribution is 2.02. The number of rotatable bonds is 3. The van der Waals surface area contributed by atoms with E-state index in [0.717, 1.165) is 5.56 Å². The van der Waals surface area contributed by atoms with Crippen LogP contribution in [0.1, 0.15) is 16.1 Å². The van der Waals surface area contributed by atoms with Crippen LogP contribution >= 0.6 is 0 Å². The lowest BCUT2D eigenvalue weighted by molar-refractivity contribution is 0.0948. The summed E-state index contributed by atoms with van der Waals surface area (Å²) in [7, 11) is 1.78. The molecule has 0 radical (unpaired) electrons. The van der Waals surface area contributed by atoms with Crippen LogP contribution < -0.4 is 11.1 Å². The third kappa shape index (κ3) is 2.29. The Kier molecular flexibility index (Phi) is 3.02. The lowest BCUT2D eigenvalue weighted by Gasteiger charge is -2.00. The van der Waals surface area contributed by atoms with Crippen LogP contribution in [0, 0.1) is 6.92 Å². The van der Waals surface area contributed by atoms with Gasteiger partial charge in [0.05, 0.1) is 0 Å². The SMILES string of the molecule is Cc1cn(C)nc1C(=O)NCCN. The van der Waals surface area contributed by atoms with Crippen molar-refractivity contribution in [1.29, 1.82) is 0 Å². The van der Waals surface area contributed by atoms with E-state index in [1.165, 1.54) is 0 Å². The topological polar surface area (TPSA) is 72.9 Å². The number of nitrogens with zero attached hydrogens (tertiary/aromatic N) is 2. The maximum absolute atomic E-state index is 11.4. The van der Waals surface area contributed by atoms with Crippen molar-refractivity contribution in [1.82, 2.24) is 15.1 Å². The summed E-state index contributed by atoms with van der Waals surface area (Å²) in [6, 6.07) is 0. The zero-order chi connectivity index (χ0) is 9.84. The summed E-state index contributed by atoms with van der Waals surface area (Å²) in [4.78, 5) is 11.4. The van der Waals surface area contributed by atoms with Gasteiger partial charge in [-0.1, -0.05) is 0 Å². The van der Waals surface area contributed by atoms with Crippen LogP contribution in [-0.4, -0.2) is 28.8 Å². The van der Waals surface area contributed by atoms with E-state index in [-0.39, 0.29) is 5.91 Å². The number of hydrogen-bond donors (Lipinski definition) is 2. The summed E-state index contributed by atoms with van der Waals surface area (Å²) in [6.45, 7) is 2.77. The zero-order valence-corrected chi connectivity index (χ0v) is 7.87. The number of carbonyl (C=O) groups is 1. The lowest BCUT2D eigenvalue weighted by atomic mass is 10.2. The first kappa shape index (κ1) is 9.73. The molecule has 0 aromatic carbocycles. The van der Waals surface area contributed by atoms with E-state index >= 15 is 0 Å². The summed E-state index contributed by atoms with van der Waals surface area (Å²) in [6.07, 6.45) is 1.80. The molecule has 0 fully saturated rings. The number of aryl methyl sites for hydroxylation is 2. The van der Waals surface area contributed by atoms with Crippen LogP contribution in [0.5, 0.6) is 0 Å². The van der Waals surface area contributed by atoms with E-state index < -0.39 is 0 Å². The second-order valence-corrected chi connectivity index (χ2v) is 2.88. The Balaban J connectivity index is 2.70. The van der Waals surface area contributed by atoms with Gasteiger partial charge in [-0.15, -0.1) is 0 Å². The maximum Gasteiger partial charge on any atom is 0.272 e. The molecule has 5 nitrogen and oxygen atoms in total. The van der Waals surface area contributed by atoms with Crippen molar-refractivity contribution in [3.05, 3.63) is 17.5 Å². The van der Waals surface area contributed by atoms with Gasteiger partial charge in [-0.2, -0.15) is 5.10 Å². The minimum atomic E-state index is -0.163. The molecule has 0 bridgehead atoms. The molecule has 0 aliphatic rings. The highest BCUT2D eigenvalue weighted by Gasteiger charge is 2.11. The molecule has 0 aliphatic heterocycles. The maximum atomic E-state index is 11.4. The van der Waals surface area contributed by atoms with Crippen LogP contribution in [-0.2, 0) is 7.05 Å². The fourth-order valence-corrected chi connectivity index (χ4v) is 1.10. The Hall–Kier alpha value is -1.36. The standard InChI is InChI=1S/C8H14N4O/c1-6-5-12(2)11-7(6)8(13)10-4-3-9/h5H,3-4,9H2,1-2H3,(H,10,13). The molecule has 5 heteroatoms. The molecule has 1 heterocycles. The van der Waals surface area contributed by atoms with Crippen molar-refractivity contribution in [3.63, 3.8) is 0 Å². The average Bonchev–Trinajstić information content (AvgIpc) is 2.41. The van der Waals surface area contributed by atoms with Crippen LogP contribution in [0.25, 0.3) is 0 Å². The molecule has 3 N–H and O–H groups in total. The van der Waals surface area contributed by atoms with Crippen LogP contribution in [0.4, 0.5) is 0 Å². The third-order valence-electron chi connectivity index (χ3n) is 1.66. The van der Waals surface area contributed by atoms with E-state index in [0.29, 0.717) is 18.8 Å². The molecule has 0 atom stereocenters. The largest absolute Gasteiger partial charge is 0.349 e. The molecule has 1 aromatic rings. The van der Waals surface area contributed by atoms with Gasteiger partial charge in [-0.05, 0) is 6.92 Å². The molecule has 13 heavy (non-hydrogen) atoms. The van der Waals surface area contributed by atoms with Crippen molar-refractivity contribution in [3.8, 4) is 0 Å². The molecule has 0 spiro atoms. The summed E-state index contributed by atoms with van der Waals surface area (Å²) >= 11 is 0. The average molecular weight is 182 g/mol. The second-order valence-electron chi connectivity index (χ2n) is 2.88. The monoisotopic (exact) mass is 182 g/mol. The Bertz CT molecular complexity index is 305. The molecule has 0 unspecified atom stereocenters. The number of carbonyl (C=O) groups excluding carboxylic acids is 1. The van der Waals surface area contributed by atoms with Crippen molar-refractivity contribution in [2.24, 2.45) is 12.8 Å². The summed E-state index contributed by atoms with van der Waals surface area (Å²) < 4.78 is 1.62. The zero-order valence-electron chi connectivity index (χ0n) is 7.87. The number of nitrogens with two attached hydrogens (primary N) is 1. The fourth-order valence-electron chi connectivity index (χ4n) is 1.10. The number of nitrogens with one attached hydrogen (secondary N) is 1. The molecule has 1 rings (SSSR count). The highest BCUT2D eigenvalue weighted by atomic mass is 16.1. The molecule has 0 saturated carbocycles. The summed E-state index contributed by atoms with van der Waals surface area (Å²) in [5.41, 5.74) is 6.60. The molecular weight excluding hydrogens is 168 g/mol. The summed E-state index contributed by atoms with van der Waals surface area (Å²) in [5.74, 6) is -0.163. The molecule has 1 amide bonds. The van der Waals surface area contributed by atoms with E-state index in [9.17, 15) is 4.79 Å².